The summed E-state index contributed by atoms with van der Waals surface area (Å²) in [6.45, 7) is -0.297. The predicted octanol–water partition coefficient (Wildman–Crippen LogP) is 5.15. The van der Waals surface area contributed by atoms with Gasteiger partial charge in [0.15, 0.2) is 6.61 Å². The van der Waals surface area contributed by atoms with Crippen molar-refractivity contribution in [2.24, 2.45) is 5.10 Å². The third-order valence-electron chi connectivity index (χ3n) is 3.68. The molecule has 0 aliphatic rings. The first-order valence-corrected chi connectivity index (χ1v) is 8.67. The summed E-state index contributed by atoms with van der Waals surface area (Å²) in [4.78, 5) is 11.7. The van der Waals surface area contributed by atoms with Gasteiger partial charge in [-0.3, -0.25) is 4.79 Å². The number of hydrogen-bond acceptors (Lipinski definition) is 4. The molecule has 0 aliphatic carbocycles. The van der Waals surface area contributed by atoms with Gasteiger partial charge in [-0.05, 0) is 36.4 Å². The topological polar surface area (TPSA) is 63.8 Å². The number of benzene rings is 2. The van der Waals surface area contributed by atoms with Crippen LogP contribution in [-0.4, -0.2) is 18.7 Å². The van der Waals surface area contributed by atoms with Crippen molar-refractivity contribution in [2.75, 3.05) is 6.61 Å². The average molecular weight is 423 g/mol. The maximum atomic E-state index is 12.8. The van der Waals surface area contributed by atoms with E-state index in [2.05, 4.69) is 10.5 Å². The first-order chi connectivity index (χ1) is 13.8. The summed E-state index contributed by atoms with van der Waals surface area (Å²) in [5, 5.41) is 4.11. The lowest BCUT2D eigenvalue weighted by Gasteiger charge is -2.07. The van der Waals surface area contributed by atoms with E-state index in [4.69, 9.17) is 20.8 Å². The molecular formula is C20H14ClF3N2O3. The number of alkyl halides is 3. The van der Waals surface area contributed by atoms with Gasteiger partial charge >= 0.3 is 6.18 Å². The molecule has 0 unspecified atom stereocenters. The first kappa shape index (κ1) is 20.5. The predicted molar refractivity (Wildman–Crippen MR) is 102 cm³/mol. The highest BCUT2D eigenvalue weighted by molar-refractivity contribution is 6.32. The zero-order valence-corrected chi connectivity index (χ0v) is 15.5. The van der Waals surface area contributed by atoms with Crippen LogP contribution in [0.1, 0.15) is 11.3 Å². The number of furan rings is 1. The molecule has 0 fully saturated rings. The number of nitrogens with zero attached hydrogens (tertiary/aromatic N) is 1. The van der Waals surface area contributed by atoms with Gasteiger partial charge < -0.3 is 9.15 Å². The molecule has 1 amide bonds. The van der Waals surface area contributed by atoms with Gasteiger partial charge in [0.05, 0.1) is 16.8 Å². The van der Waals surface area contributed by atoms with Crippen molar-refractivity contribution in [3.05, 3.63) is 77.0 Å². The van der Waals surface area contributed by atoms with Crippen molar-refractivity contribution in [1.29, 1.82) is 0 Å². The zero-order chi connectivity index (χ0) is 20.9. The van der Waals surface area contributed by atoms with Crippen LogP contribution in [-0.2, 0) is 11.0 Å². The van der Waals surface area contributed by atoms with Gasteiger partial charge in [-0.25, -0.2) is 5.43 Å². The molecule has 0 spiro atoms. The fourth-order valence-electron chi connectivity index (χ4n) is 2.33. The molecule has 3 rings (SSSR count). The molecule has 1 heterocycles. The Kier molecular flexibility index (Phi) is 6.23. The van der Waals surface area contributed by atoms with Gasteiger partial charge in [-0.1, -0.05) is 35.9 Å². The lowest BCUT2D eigenvalue weighted by atomic mass is 10.1. The van der Waals surface area contributed by atoms with Crippen molar-refractivity contribution in [1.82, 2.24) is 5.43 Å². The molecule has 0 saturated carbocycles. The second-order valence-corrected chi connectivity index (χ2v) is 6.20. The van der Waals surface area contributed by atoms with Crippen molar-refractivity contribution < 1.29 is 27.1 Å². The molecular weight excluding hydrogens is 409 g/mol. The number of hydrazone groups is 1. The minimum atomic E-state index is -4.44. The molecule has 0 bridgehead atoms. The molecule has 29 heavy (non-hydrogen) atoms. The van der Waals surface area contributed by atoms with E-state index in [0.29, 0.717) is 10.8 Å². The summed E-state index contributed by atoms with van der Waals surface area (Å²) < 4.78 is 49.2. The van der Waals surface area contributed by atoms with E-state index in [1.54, 1.807) is 24.3 Å². The van der Waals surface area contributed by atoms with Crippen LogP contribution in [0.5, 0.6) is 5.75 Å². The van der Waals surface area contributed by atoms with E-state index < -0.39 is 17.6 Å². The number of para-hydroxylation sites is 1. The average Bonchev–Trinajstić information content (AvgIpc) is 3.16. The fourth-order valence-corrected chi connectivity index (χ4v) is 2.52. The molecule has 1 aromatic heterocycles. The highest BCUT2D eigenvalue weighted by Gasteiger charge is 2.30. The molecule has 0 radical (unpaired) electrons. The Bertz CT molecular complexity index is 1030. The van der Waals surface area contributed by atoms with Crippen LogP contribution in [0.25, 0.3) is 11.3 Å². The van der Waals surface area contributed by atoms with Gasteiger partial charge in [0.2, 0.25) is 0 Å². The van der Waals surface area contributed by atoms with Crippen molar-refractivity contribution >= 4 is 23.7 Å². The number of carbonyl (C=O) groups is 1. The Morgan fingerprint density at radius 3 is 2.69 bits per heavy atom. The largest absolute Gasteiger partial charge is 0.482 e. The molecule has 0 atom stereocenters. The maximum Gasteiger partial charge on any atom is 0.416 e. The lowest BCUT2D eigenvalue weighted by Crippen LogP contribution is -2.24. The quantitative estimate of drug-likeness (QED) is 0.441. The number of ether oxygens (including phenoxy) is 1. The maximum absolute atomic E-state index is 12.8. The number of hydrogen-bond donors (Lipinski definition) is 1. The summed E-state index contributed by atoms with van der Waals surface area (Å²) in [5.74, 6) is 0.339. The van der Waals surface area contributed by atoms with Gasteiger partial charge in [0.25, 0.3) is 5.91 Å². The summed E-state index contributed by atoms with van der Waals surface area (Å²) in [6, 6.07) is 14.5. The van der Waals surface area contributed by atoms with Crippen LogP contribution in [0.4, 0.5) is 13.2 Å². The van der Waals surface area contributed by atoms with Gasteiger partial charge in [0.1, 0.15) is 17.3 Å². The molecule has 5 nitrogen and oxygen atoms in total. The van der Waals surface area contributed by atoms with Crippen molar-refractivity contribution in [3.8, 4) is 17.1 Å². The van der Waals surface area contributed by atoms with E-state index in [1.807, 2.05) is 0 Å². The second kappa shape index (κ2) is 8.83. The summed E-state index contributed by atoms with van der Waals surface area (Å²) in [5.41, 5.74) is 1.76. The summed E-state index contributed by atoms with van der Waals surface area (Å²) >= 11 is 5.92. The highest BCUT2D eigenvalue weighted by atomic mass is 35.5. The smallest absolute Gasteiger partial charge is 0.416 e. The van der Waals surface area contributed by atoms with Crippen LogP contribution >= 0.6 is 11.6 Å². The van der Waals surface area contributed by atoms with Gasteiger partial charge in [-0.15, -0.1) is 0 Å². The summed E-state index contributed by atoms with van der Waals surface area (Å²) in [7, 11) is 0. The number of rotatable bonds is 6. The van der Waals surface area contributed by atoms with Crippen LogP contribution in [0.15, 0.2) is 70.2 Å². The minimum absolute atomic E-state index is 0.242. The van der Waals surface area contributed by atoms with E-state index in [-0.39, 0.29) is 23.7 Å². The third-order valence-corrected chi connectivity index (χ3v) is 3.99. The van der Waals surface area contributed by atoms with E-state index >= 15 is 0 Å². The number of halogens is 4. The number of nitrogens with one attached hydrogen (secondary N) is 1. The fraction of sp³-hybridized carbons (Fsp3) is 0.100. The zero-order valence-electron chi connectivity index (χ0n) is 14.7. The van der Waals surface area contributed by atoms with E-state index in [9.17, 15) is 18.0 Å². The third kappa shape index (κ3) is 5.61. The Morgan fingerprint density at radius 2 is 1.93 bits per heavy atom. The van der Waals surface area contributed by atoms with Crippen LogP contribution in [0, 0.1) is 0 Å². The molecule has 0 aliphatic heterocycles. The van der Waals surface area contributed by atoms with E-state index in [0.717, 1.165) is 12.1 Å². The van der Waals surface area contributed by atoms with E-state index in [1.165, 1.54) is 30.5 Å². The number of amides is 1. The van der Waals surface area contributed by atoms with Crippen LogP contribution < -0.4 is 10.2 Å². The molecule has 3 aromatic rings. The van der Waals surface area contributed by atoms with Crippen LogP contribution in [0.3, 0.4) is 0 Å². The minimum Gasteiger partial charge on any atom is -0.482 e. The highest BCUT2D eigenvalue weighted by Crippen LogP contribution is 2.32. The standard InChI is InChI=1S/C20H14ClF3N2O3/c21-16-6-1-2-7-18(16)28-12-19(27)26-25-11-15-8-9-17(29-15)13-4-3-5-14(10-13)20(22,23)24/h1-11H,12H2,(H,26,27). The molecule has 150 valence electrons. The van der Waals surface area contributed by atoms with Crippen LogP contribution in [0.2, 0.25) is 5.02 Å². The molecule has 9 heteroatoms. The van der Waals surface area contributed by atoms with Crippen molar-refractivity contribution in [2.45, 2.75) is 6.18 Å². The molecule has 0 saturated heterocycles. The second-order valence-electron chi connectivity index (χ2n) is 5.79. The Labute approximate surface area is 168 Å². The lowest BCUT2D eigenvalue weighted by molar-refractivity contribution is -0.137. The molecule has 2 aromatic carbocycles. The monoisotopic (exact) mass is 422 g/mol. The Hall–Kier alpha value is -3.26. The number of carbonyl (C=O) groups excluding carboxylic acids is 1. The van der Waals surface area contributed by atoms with Crippen molar-refractivity contribution in [3.63, 3.8) is 0 Å². The SMILES string of the molecule is O=C(COc1ccccc1Cl)NN=Cc1ccc(-c2cccc(C(F)(F)F)c2)o1. The Balaban J connectivity index is 1.57. The van der Waals surface area contributed by atoms with Gasteiger partial charge in [0, 0.05) is 5.56 Å². The Morgan fingerprint density at radius 1 is 1.14 bits per heavy atom. The first-order valence-electron chi connectivity index (χ1n) is 8.29. The normalized spacial score (nSPS) is 11.6. The van der Waals surface area contributed by atoms with Gasteiger partial charge in [-0.2, -0.15) is 18.3 Å². The molecule has 1 N–H and O–H groups in total. The summed E-state index contributed by atoms with van der Waals surface area (Å²) in [6.07, 6.45) is -3.21.